The van der Waals surface area contributed by atoms with Gasteiger partial charge in [0.15, 0.2) is 0 Å². The molecule has 1 aliphatic rings. The minimum atomic E-state index is 0.485. The Kier molecular flexibility index (Phi) is 5.34. The first-order chi connectivity index (χ1) is 9.17. The van der Waals surface area contributed by atoms with Crippen molar-refractivity contribution in [1.82, 2.24) is 25.2 Å². The van der Waals surface area contributed by atoms with Crippen LogP contribution in [0.15, 0.2) is 6.20 Å². The van der Waals surface area contributed by atoms with E-state index in [1.165, 1.54) is 19.4 Å². The van der Waals surface area contributed by atoms with Crippen LogP contribution in [0.4, 0.5) is 0 Å². The summed E-state index contributed by atoms with van der Waals surface area (Å²) in [6.07, 6.45) is 4.90. The maximum absolute atomic E-state index is 4.20. The average molecular weight is 265 g/mol. The van der Waals surface area contributed by atoms with Crippen LogP contribution in [-0.4, -0.2) is 45.6 Å². The lowest BCUT2D eigenvalue weighted by Crippen LogP contribution is -2.29. The number of nitrogens with one attached hydrogen (secondary N) is 1. The van der Waals surface area contributed by atoms with Crippen LogP contribution >= 0.6 is 0 Å². The number of aromatic nitrogens is 3. The largest absolute Gasteiger partial charge is 0.309 e. The highest BCUT2D eigenvalue weighted by Gasteiger charge is 2.23. The van der Waals surface area contributed by atoms with Gasteiger partial charge in [-0.15, -0.1) is 5.10 Å². The van der Waals surface area contributed by atoms with Crippen LogP contribution in [-0.2, 0) is 13.1 Å². The Labute approximate surface area is 116 Å². The number of hydrogen-bond acceptors (Lipinski definition) is 4. The SMILES string of the molecule is CCN(CCn1cc(CNC(C)C)nn1)CC1CC1. The molecule has 1 aliphatic carbocycles. The van der Waals surface area contributed by atoms with Gasteiger partial charge in [0.25, 0.3) is 0 Å². The molecule has 19 heavy (non-hydrogen) atoms. The van der Waals surface area contributed by atoms with Crippen molar-refractivity contribution in [2.24, 2.45) is 5.92 Å². The Morgan fingerprint density at radius 3 is 2.89 bits per heavy atom. The average Bonchev–Trinajstić information content (AvgIpc) is 3.09. The molecular weight excluding hydrogens is 238 g/mol. The summed E-state index contributed by atoms with van der Waals surface area (Å²) < 4.78 is 1.97. The van der Waals surface area contributed by atoms with Crippen molar-refractivity contribution < 1.29 is 0 Å². The number of hydrogen-bond donors (Lipinski definition) is 1. The topological polar surface area (TPSA) is 46.0 Å². The summed E-state index contributed by atoms with van der Waals surface area (Å²) in [5, 5.41) is 11.8. The first-order valence-electron chi connectivity index (χ1n) is 7.52. The molecule has 0 aliphatic heterocycles. The predicted molar refractivity (Wildman–Crippen MR) is 76.8 cm³/mol. The Morgan fingerprint density at radius 1 is 1.47 bits per heavy atom. The molecule has 1 aromatic rings. The molecule has 0 unspecified atom stereocenters. The van der Waals surface area contributed by atoms with Crippen molar-refractivity contribution in [2.75, 3.05) is 19.6 Å². The molecule has 0 saturated heterocycles. The van der Waals surface area contributed by atoms with Gasteiger partial charge in [0, 0.05) is 31.9 Å². The van der Waals surface area contributed by atoms with Crippen LogP contribution in [0.25, 0.3) is 0 Å². The van der Waals surface area contributed by atoms with Crippen LogP contribution in [0.2, 0.25) is 0 Å². The van der Waals surface area contributed by atoms with Crippen LogP contribution in [0.5, 0.6) is 0 Å². The second kappa shape index (κ2) is 7.01. The van der Waals surface area contributed by atoms with Gasteiger partial charge in [-0.2, -0.15) is 0 Å². The first kappa shape index (κ1) is 14.5. The van der Waals surface area contributed by atoms with Gasteiger partial charge in [-0.1, -0.05) is 26.0 Å². The normalized spacial score (nSPS) is 15.6. The summed E-state index contributed by atoms with van der Waals surface area (Å²) in [6, 6.07) is 0.485. The molecule has 0 amide bonds. The van der Waals surface area contributed by atoms with E-state index >= 15 is 0 Å². The third kappa shape index (κ3) is 5.28. The van der Waals surface area contributed by atoms with E-state index in [4.69, 9.17) is 0 Å². The van der Waals surface area contributed by atoms with Crippen LogP contribution in [0.1, 0.15) is 39.3 Å². The molecule has 1 fully saturated rings. The number of likely N-dealkylation sites (N-methyl/N-ethyl adjacent to an activating group) is 1. The third-order valence-corrected chi connectivity index (χ3v) is 3.58. The molecule has 0 spiro atoms. The molecule has 1 heterocycles. The summed E-state index contributed by atoms with van der Waals surface area (Å²) in [5.74, 6) is 0.960. The molecule has 1 aromatic heterocycles. The summed E-state index contributed by atoms with van der Waals surface area (Å²) in [7, 11) is 0. The van der Waals surface area contributed by atoms with Crippen LogP contribution in [0, 0.1) is 5.92 Å². The molecule has 0 atom stereocenters. The lowest BCUT2D eigenvalue weighted by atomic mass is 10.3. The zero-order chi connectivity index (χ0) is 13.7. The zero-order valence-corrected chi connectivity index (χ0v) is 12.5. The first-order valence-corrected chi connectivity index (χ1v) is 7.52. The van der Waals surface area contributed by atoms with Crippen molar-refractivity contribution in [3.05, 3.63) is 11.9 Å². The fourth-order valence-corrected chi connectivity index (χ4v) is 2.13. The summed E-state index contributed by atoms with van der Waals surface area (Å²) in [4.78, 5) is 2.52. The second-order valence-corrected chi connectivity index (χ2v) is 5.85. The zero-order valence-electron chi connectivity index (χ0n) is 12.5. The molecule has 108 valence electrons. The summed E-state index contributed by atoms with van der Waals surface area (Å²) in [6.45, 7) is 11.7. The minimum absolute atomic E-state index is 0.485. The van der Waals surface area contributed by atoms with Crippen molar-refractivity contribution in [3.63, 3.8) is 0 Å². The molecule has 1 N–H and O–H groups in total. The van der Waals surface area contributed by atoms with E-state index in [1.807, 2.05) is 4.68 Å². The fourth-order valence-electron chi connectivity index (χ4n) is 2.13. The smallest absolute Gasteiger partial charge is 0.0964 e. The minimum Gasteiger partial charge on any atom is -0.309 e. The van der Waals surface area contributed by atoms with Gasteiger partial charge < -0.3 is 10.2 Å². The highest BCUT2D eigenvalue weighted by Crippen LogP contribution is 2.29. The monoisotopic (exact) mass is 265 g/mol. The fraction of sp³-hybridized carbons (Fsp3) is 0.857. The molecule has 5 heteroatoms. The van der Waals surface area contributed by atoms with Gasteiger partial charge in [-0.25, -0.2) is 0 Å². The van der Waals surface area contributed by atoms with Crippen molar-refractivity contribution in [1.29, 1.82) is 0 Å². The Hall–Kier alpha value is -0.940. The van der Waals surface area contributed by atoms with E-state index in [1.54, 1.807) is 0 Å². The lowest BCUT2D eigenvalue weighted by Gasteiger charge is -2.19. The summed E-state index contributed by atoms with van der Waals surface area (Å²) in [5.41, 5.74) is 1.03. The van der Waals surface area contributed by atoms with E-state index in [0.717, 1.165) is 37.8 Å². The molecule has 2 rings (SSSR count). The van der Waals surface area contributed by atoms with E-state index in [-0.39, 0.29) is 0 Å². The van der Waals surface area contributed by atoms with Crippen molar-refractivity contribution >= 4 is 0 Å². The van der Waals surface area contributed by atoms with Gasteiger partial charge in [-0.05, 0) is 25.3 Å². The maximum Gasteiger partial charge on any atom is 0.0964 e. The van der Waals surface area contributed by atoms with Gasteiger partial charge in [-0.3, -0.25) is 4.68 Å². The van der Waals surface area contributed by atoms with Crippen molar-refractivity contribution in [3.8, 4) is 0 Å². The van der Waals surface area contributed by atoms with Crippen LogP contribution < -0.4 is 5.32 Å². The molecular formula is C14H27N5. The highest BCUT2D eigenvalue weighted by atomic mass is 15.4. The Balaban J connectivity index is 1.72. The molecule has 0 radical (unpaired) electrons. The Bertz CT molecular complexity index is 370. The molecule has 0 bridgehead atoms. The second-order valence-electron chi connectivity index (χ2n) is 5.85. The Morgan fingerprint density at radius 2 is 2.26 bits per heavy atom. The summed E-state index contributed by atoms with van der Waals surface area (Å²) >= 11 is 0. The highest BCUT2D eigenvalue weighted by molar-refractivity contribution is 4.91. The molecule has 1 saturated carbocycles. The quantitative estimate of drug-likeness (QED) is 0.735. The molecule has 5 nitrogen and oxygen atoms in total. The number of nitrogens with zero attached hydrogens (tertiary/aromatic N) is 4. The number of rotatable bonds is 9. The standard InChI is InChI=1S/C14H27N5/c1-4-18(10-13-5-6-13)7-8-19-11-14(16-17-19)9-15-12(2)3/h11-13,15H,4-10H2,1-3H3. The van der Waals surface area contributed by atoms with Gasteiger partial charge in [0.2, 0.25) is 0 Å². The van der Waals surface area contributed by atoms with Crippen molar-refractivity contribution in [2.45, 2.75) is 52.7 Å². The lowest BCUT2D eigenvalue weighted by molar-refractivity contribution is 0.260. The molecule has 0 aromatic carbocycles. The van der Waals surface area contributed by atoms with E-state index in [9.17, 15) is 0 Å². The third-order valence-electron chi connectivity index (χ3n) is 3.58. The van der Waals surface area contributed by atoms with E-state index in [2.05, 4.69) is 47.5 Å². The van der Waals surface area contributed by atoms with E-state index in [0.29, 0.717) is 6.04 Å². The van der Waals surface area contributed by atoms with E-state index < -0.39 is 0 Å². The van der Waals surface area contributed by atoms with Gasteiger partial charge in [0.05, 0.1) is 12.2 Å². The van der Waals surface area contributed by atoms with Gasteiger partial charge in [0.1, 0.15) is 0 Å². The van der Waals surface area contributed by atoms with Gasteiger partial charge >= 0.3 is 0 Å². The van der Waals surface area contributed by atoms with Crippen LogP contribution in [0.3, 0.4) is 0 Å². The maximum atomic E-state index is 4.20. The predicted octanol–water partition coefficient (Wildman–Crippen LogP) is 1.51.